The molecule has 82 valence electrons. The van der Waals surface area contributed by atoms with Crippen LogP contribution in [0.2, 0.25) is 0 Å². The topological polar surface area (TPSA) is 64.3 Å². The van der Waals surface area contributed by atoms with Crippen molar-refractivity contribution in [3.8, 4) is 0 Å². The molecule has 1 heterocycles. The lowest BCUT2D eigenvalue weighted by molar-refractivity contribution is -0.119. The minimum atomic E-state index is -0.272. The molecule has 5 heteroatoms. The molecule has 1 aliphatic heterocycles. The van der Waals surface area contributed by atoms with Gasteiger partial charge in [0.05, 0.1) is 24.5 Å². The molecular weight excluding hydrogens is 200 g/mol. The number of thioether (sulfide) groups is 1. The molecule has 0 radical (unpaired) electrons. The summed E-state index contributed by atoms with van der Waals surface area (Å²) in [7, 11) is 0. The number of nitrogens with one attached hydrogen (secondary N) is 1. The third-order valence-corrected chi connectivity index (χ3v) is 3.25. The second-order valence-electron chi connectivity index (χ2n) is 3.77. The van der Waals surface area contributed by atoms with E-state index in [1.54, 1.807) is 11.8 Å². The summed E-state index contributed by atoms with van der Waals surface area (Å²) < 4.78 is 5.05. The Labute approximate surface area is 88.9 Å². The second-order valence-corrected chi connectivity index (χ2v) is 5.10. The molecule has 1 fully saturated rings. The molecule has 1 rings (SSSR count). The lowest BCUT2D eigenvalue weighted by Crippen LogP contribution is -2.47. The van der Waals surface area contributed by atoms with Crippen molar-refractivity contribution >= 4 is 17.7 Å². The van der Waals surface area contributed by atoms with Crippen LogP contribution in [-0.2, 0) is 9.53 Å². The molecule has 1 atom stereocenters. The van der Waals surface area contributed by atoms with E-state index in [1.807, 2.05) is 13.8 Å². The Balaban J connectivity index is 2.23. The van der Waals surface area contributed by atoms with Gasteiger partial charge in [-0.3, -0.25) is 4.79 Å². The van der Waals surface area contributed by atoms with Gasteiger partial charge in [-0.15, -0.1) is 0 Å². The first-order valence-corrected chi connectivity index (χ1v) is 5.89. The Bertz CT molecular complexity index is 195. The fourth-order valence-corrected chi connectivity index (χ4v) is 2.27. The molecule has 0 saturated carbocycles. The van der Waals surface area contributed by atoms with Crippen molar-refractivity contribution in [2.24, 2.45) is 5.73 Å². The molecular formula is C9H18N2O2S. The standard InChI is InChI=1S/C9H18N2O2S/c1-6(2)11-8(9(10)12)5-14-7-3-13-4-7/h6-8,11H,3-5H2,1-2H3,(H2,10,12). The fourth-order valence-electron chi connectivity index (χ4n) is 1.16. The summed E-state index contributed by atoms with van der Waals surface area (Å²) in [6.45, 7) is 5.62. The molecule has 14 heavy (non-hydrogen) atoms. The number of hydrogen-bond acceptors (Lipinski definition) is 4. The molecule has 1 unspecified atom stereocenters. The summed E-state index contributed by atoms with van der Waals surface area (Å²) in [6.07, 6.45) is 0. The summed E-state index contributed by atoms with van der Waals surface area (Å²) in [5.74, 6) is 0.466. The molecule has 0 aromatic heterocycles. The fraction of sp³-hybridized carbons (Fsp3) is 0.889. The summed E-state index contributed by atoms with van der Waals surface area (Å²) in [5.41, 5.74) is 5.28. The Kier molecular flexibility index (Phi) is 4.71. The Morgan fingerprint density at radius 3 is 2.64 bits per heavy atom. The van der Waals surface area contributed by atoms with Gasteiger partial charge in [-0.1, -0.05) is 13.8 Å². The van der Waals surface area contributed by atoms with Crippen LogP contribution >= 0.6 is 11.8 Å². The number of amides is 1. The predicted octanol–water partition coefficient (Wildman–Crippen LogP) is -0.0297. The number of ether oxygens (including phenoxy) is 1. The van der Waals surface area contributed by atoms with Gasteiger partial charge in [0, 0.05) is 11.8 Å². The third kappa shape index (κ3) is 3.86. The van der Waals surface area contributed by atoms with Gasteiger partial charge in [-0.05, 0) is 0 Å². The van der Waals surface area contributed by atoms with Crippen LogP contribution in [0.5, 0.6) is 0 Å². The number of hydrogen-bond donors (Lipinski definition) is 2. The van der Waals surface area contributed by atoms with Crippen LogP contribution in [0.15, 0.2) is 0 Å². The van der Waals surface area contributed by atoms with Crippen molar-refractivity contribution in [3.63, 3.8) is 0 Å². The van der Waals surface area contributed by atoms with Crippen LogP contribution in [0.3, 0.4) is 0 Å². The van der Waals surface area contributed by atoms with Crippen LogP contribution in [0.25, 0.3) is 0 Å². The van der Waals surface area contributed by atoms with Crippen molar-refractivity contribution in [1.82, 2.24) is 5.32 Å². The van der Waals surface area contributed by atoms with Crippen LogP contribution in [0, 0.1) is 0 Å². The van der Waals surface area contributed by atoms with Gasteiger partial charge in [-0.25, -0.2) is 0 Å². The number of carbonyl (C=O) groups excluding carboxylic acids is 1. The van der Waals surface area contributed by atoms with Crippen molar-refractivity contribution in [1.29, 1.82) is 0 Å². The average molecular weight is 218 g/mol. The first kappa shape index (κ1) is 11.8. The minimum Gasteiger partial charge on any atom is -0.379 e. The van der Waals surface area contributed by atoms with E-state index in [-0.39, 0.29) is 18.0 Å². The quantitative estimate of drug-likeness (QED) is 0.657. The maximum Gasteiger partial charge on any atom is 0.235 e. The van der Waals surface area contributed by atoms with Gasteiger partial charge in [0.15, 0.2) is 0 Å². The third-order valence-electron chi connectivity index (χ3n) is 1.98. The minimum absolute atomic E-state index is 0.222. The zero-order valence-electron chi connectivity index (χ0n) is 8.66. The van der Waals surface area contributed by atoms with Gasteiger partial charge in [-0.2, -0.15) is 11.8 Å². The van der Waals surface area contributed by atoms with E-state index < -0.39 is 0 Å². The first-order chi connectivity index (χ1) is 6.59. The largest absolute Gasteiger partial charge is 0.379 e. The molecule has 1 saturated heterocycles. The van der Waals surface area contributed by atoms with Crippen molar-refractivity contribution in [2.45, 2.75) is 31.2 Å². The molecule has 4 nitrogen and oxygen atoms in total. The Hall–Kier alpha value is -0.260. The van der Waals surface area contributed by atoms with E-state index in [0.29, 0.717) is 5.25 Å². The van der Waals surface area contributed by atoms with Gasteiger partial charge < -0.3 is 15.8 Å². The van der Waals surface area contributed by atoms with Gasteiger partial charge in [0.1, 0.15) is 0 Å². The zero-order chi connectivity index (χ0) is 10.6. The zero-order valence-corrected chi connectivity index (χ0v) is 9.47. The van der Waals surface area contributed by atoms with Crippen LogP contribution in [0.4, 0.5) is 0 Å². The highest BCUT2D eigenvalue weighted by atomic mass is 32.2. The van der Waals surface area contributed by atoms with E-state index in [0.717, 1.165) is 19.0 Å². The first-order valence-electron chi connectivity index (χ1n) is 4.84. The second kappa shape index (κ2) is 5.58. The highest BCUT2D eigenvalue weighted by Crippen LogP contribution is 2.19. The van der Waals surface area contributed by atoms with E-state index in [9.17, 15) is 4.79 Å². The van der Waals surface area contributed by atoms with E-state index in [4.69, 9.17) is 10.5 Å². The Morgan fingerprint density at radius 1 is 1.64 bits per heavy atom. The van der Waals surface area contributed by atoms with Crippen molar-refractivity contribution < 1.29 is 9.53 Å². The monoisotopic (exact) mass is 218 g/mol. The SMILES string of the molecule is CC(C)NC(CSC1COC1)C(N)=O. The predicted molar refractivity (Wildman–Crippen MR) is 58.3 cm³/mol. The number of primary amides is 1. The molecule has 0 aromatic rings. The molecule has 0 aliphatic carbocycles. The maximum atomic E-state index is 11.1. The van der Waals surface area contributed by atoms with Gasteiger partial charge >= 0.3 is 0 Å². The van der Waals surface area contributed by atoms with Crippen molar-refractivity contribution in [2.75, 3.05) is 19.0 Å². The lowest BCUT2D eigenvalue weighted by atomic mass is 10.3. The van der Waals surface area contributed by atoms with Crippen LogP contribution in [0.1, 0.15) is 13.8 Å². The summed E-state index contributed by atoms with van der Waals surface area (Å²) >= 11 is 1.75. The lowest BCUT2D eigenvalue weighted by Gasteiger charge is -2.27. The van der Waals surface area contributed by atoms with Crippen molar-refractivity contribution in [3.05, 3.63) is 0 Å². The average Bonchev–Trinajstić information content (AvgIpc) is 1.98. The van der Waals surface area contributed by atoms with E-state index in [1.165, 1.54) is 0 Å². The smallest absolute Gasteiger partial charge is 0.235 e. The molecule has 3 N–H and O–H groups in total. The molecule has 1 amide bonds. The van der Waals surface area contributed by atoms with Crippen LogP contribution in [-0.4, -0.2) is 42.2 Å². The van der Waals surface area contributed by atoms with Crippen LogP contribution < -0.4 is 11.1 Å². The number of nitrogens with two attached hydrogens (primary N) is 1. The molecule has 0 spiro atoms. The molecule has 0 bridgehead atoms. The summed E-state index contributed by atoms with van der Waals surface area (Å²) in [5, 5.41) is 3.69. The van der Waals surface area contributed by atoms with E-state index >= 15 is 0 Å². The van der Waals surface area contributed by atoms with Gasteiger partial charge in [0.25, 0.3) is 0 Å². The maximum absolute atomic E-state index is 11.1. The summed E-state index contributed by atoms with van der Waals surface area (Å²) in [4.78, 5) is 11.1. The molecule has 1 aliphatic rings. The number of rotatable bonds is 6. The highest BCUT2D eigenvalue weighted by molar-refractivity contribution is 8.00. The van der Waals surface area contributed by atoms with Gasteiger partial charge in [0.2, 0.25) is 5.91 Å². The summed E-state index contributed by atoms with van der Waals surface area (Å²) in [6, 6.07) is 0.0614. The molecule has 0 aromatic carbocycles. The van der Waals surface area contributed by atoms with E-state index in [2.05, 4.69) is 5.32 Å². The number of carbonyl (C=O) groups is 1. The highest BCUT2D eigenvalue weighted by Gasteiger charge is 2.23. The Morgan fingerprint density at radius 2 is 2.29 bits per heavy atom. The normalized spacial score (nSPS) is 19.4.